The second-order valence-corrected chi connectivity index (χ2v) is 5.45. The number of halogens is 3. The number of benzene rings is 1. The van der Waals surface area contributed by atoms with Gasteiger partial charge < -0.3 is 15.4 Å². The Bertz CT molecular complexity index is 399. The third-order valence-electron chi connectivity index (χ3n) is 3.53. The summed E-state index contributed by atoms with van der Waals surface area (Å²) in [6.07, 6.45) is 2.53. The summed E-state index contributed by atoms with van der Waals surface area (Å²) in [5.41, 5.74) is 1.14. The first-order valence-corrected chi connectivity index (χ1v) is 7.50. The van der Waals surface area contributed by atoms with Gasteiger partial charge in [0.05, 0.1) is 6.61 Å². The minimum Gasteiger partial charge on any atom is -0.494 e. The molecule has 6 heteroatoms. The number of hydrogen-bond donors (Lipinski definition) is 2. The molecule has 1 saturated heterocycles. The van der Waals surface area contributed by atoms with Crippen molar-refractivity contribution in [3.63, 3.8) is 0 Å². The Labute approximate surface area is 145 Å². The van der Waals surface area contributed by atoms with Gasteiger partial charge in [0.25, 0.3) is 0 Å². The van der Waals surface area contributed by atoms with E-state index in [1.165, 1.54) is 12.8 Å². The van der Waals surface area contributed by atoms with Gasteiger partial charge in [0.1, 0.15) is 5.75 Å². The number of hydrogen-bond acceptors (Lipinski definition) is 3. The van der Waals surface area contributed by atoms with E-state index in [2.05, 4.69) is 10.6 Å². The number of ether oxygens (including phenoxy) is 1. The topological polar surface area (TPSA) is 33.3 Å². The van der Waals surface area contributed by atoms with Crippen LogP contribution in [0.4, 0.5) is 0 Å². The van der Waals surface area contributed by atoms with E-state index >= 15 is 0 Å². The Hall–Kier alpha value is -0.190. The average molecular weight is 356 g/mol. The Kier molecular flexibility index (Phi) is 11.3. The molecule has 0 spiro atoms. The van der Waals surface area contributed by atoms with Crippen LogP contribution in [0.5, 0.6) is 5.75 Å². The molecule has 0 atom stereocenters. The van der Waals surface area contributed by atoms with Gasteiger partial charge in [-0.3, -0.25) is 0 Å². The summed E-state index contributed by atoms with van der Waals surface area (Å²) in [6.45, 7) is 6.87. The van der Waals surface area contributed by atoms with Gasteiger partial charge in [-0.25, -0.2) is 0 Å². The van der Waals surface area contributed by atoms with Crippen LogP contribution in [0.25, 0.3) is 0 Å². The summed E-state index contributed by atoms with van der Waals surface area (Å²) in [5.74, 6) is 1.72. The van der Waals surface area contributed by atoms with Crippen LogP contribution in [-0.2, 0) is 6.54 Å². The van der Waals surface area contributed by atoms with Crippen molar-refractivity contribution in [3.8, 4) is 5.75 Å². The fourth-order valence-electron chi connectivity index (χ4n) is 2.48. The van der Waals surface area contributed by atoms with E-state index in [0.717, 1.165) is 48.4 Å². The van der Waals surface area contributed by atoms with Gasteiger partial charge in [0, 0.05) is 17.1 Å². The van der Waals surface area contributed by atoms with Crippen molar-refractivity contribution < 1.29 is 4.74 Å². The lowest BCUT2D eigenvalue weighted by Gasteiger charge is -2.23. The number of rotatable bonds is 6. The molecule has 2 rings (SSSR count). The predicted molar refractivity (Wildman–Crippen MR) is 94.4 cm³/mol. The lowest BCUT2D eigenvalue weighted by Crippen LogP contribution is -2.33. The second kappa shape index (κ2) is 11.4. The van der Waals surface area contributed by atoms with Gasteiger partial charge in [-0.05, 0) is 63.5 Å². The maximum Gasteiger partial charge on any atom is 0.123 e. The highest BCUT2D eigenvalue weighted by Gasteiger charge is 2.12. The van der Waals surface area contributed by atoms with Crippen LogP contribution in [0.1, 0.15) is 25.3 Å². The molecular formula is C15H25Cl3N2O. The molecular weight excluding hydrogens is 331 g/mol. The summed E-state index contributed by atoms with van der Waals surface area (Å²) in [6, 6.07) is 5.82. The van der Waals surface area contributed by atoms with Gasteiger partial charge in [-0.1, -0.05) is 11.6 Å². The average Bonchev–Trinajstić information content (AvgIpc) is 2.43. The molecule has 0 amide bonds. The van der Waals surface area contributed by atoms with Crippen molar-refractivity contribution in [2.45, 2.75) is 26.3 Å². The van der Waals surface area contributed by atoms with E-state index in [1.54, 1.807) is 0 Å². The van der Waals surface area contributed by atoms with Crippen LogP contribution in [0.3, 0.4) is 0 Å². The Morgan fingerprint density at radius 1 is 1.29 bits per heavy atom. The first-order chi connectivity index (χ1) is 9.29. The third-order valence-corrected chi connectivity index (χ3v) is 3.76. The van der Waals surface area contributed by atoms with Gasteiger partial charge in [-0.2, -0.15) is 0 Å². The minimum absolute atomic E-state index is 0. The highest BCUT2D eigenvalue weighted by molar-refractivity contribution is 6.30. The normalized spacial score (nSPS) is 15.0. The van der Waals surface area contributed by atoms with Crippen LogP contribution in [0, 0.1) is 5.92 Å². The summed E-state index contributed by atoms with van der Waals surface area (Å²) in [5, 5.41) is 7.69. The molecule has 1 fully saturated rings. The summed E-state index contributed by atoms with van der Waals surface area (Å²) in [7, 11) is 0. The molecule has 1 aliphatic rings. The van der Waals surface area contributed by atoms with Crippen LogP contribution in [-0.4, -0.2) is 26.2 Å². The smallest absolute Gasteiger partial charge is 0.123 e. The summed E-state index contributed by atoms with van der Waals surface area (Å²) < 4.78 is 5.63. The number of piperidine rings is 1. The van der Waals surface area contributed by atoms with Gasteiger partial charge >= 0.3 is 0 Å². The van der Waals surface area contributed by atoms with Gasteiger partial charge in [0.2, 0.25) is 0 Å². The van der Waals surface area contributed by atoms with Crippen molar-refractivity contribution in [3.05, 3.63) is 28.8 Å². The maximum atomic E-state index is 6.05. The molecule has 122 valence electrons. The largest absolute Gasteiger partial charge is 0.494 e. The molecule has 0 aromatic heterocycles. The molecule has 1 aliphatic heterocycles. The molecule has 1 aromatic rings. The molecule has 0 aliphatic carbocycles. The molecule has 21 heavy (non-hydrogen) atoms. The van der Waals surface area contributed by atoms with E-state index in [0.29, 0.717) is 6.61 Å². The van der Waals surface area contributed by atoms with Crippen LogP contribution in [0.2, 0.25) is 5.02 Å². The molecule has 0 saturated carbocycles. The van der Waals surface area contributed by atoms with Crippen LogP contribution >= 0.6 is 36.4 Å². The SMILES string of the molecule is CCOc1ccc(Cl)cc1CNCC1CCNCC1.Cl.Cl. The lowest BCUT2D eigenvalue weighted by molar-refractivity contribution is 0.331. The molecule has 1 aromatic carbocycles. The van der Waals surface area contributed by atoms with Crippen LogP contribution in [0.15, 0.2) is 18.2 Å². The minimum atomic E-state index is 0. The maximum absolute atomic E-state index is 6.05. The number of nitrogens with one attached hydrogen (secondary N) is 2. The van der Waals surface area contributed by atoms with E-state index in [-0.39, 0.29) is 24.8 Å². The Balaban J connectivity index is 0.00000200. The van der Waals surface area contributed by atoms with E-state index in [1.807, 2.05) is 25.1 Å². The zero-order chi connectivity index (χ0) is 13.5. The summed E-state index contributed by atoms with van der Waals surface area (Å²) >= 11 is 6.05. The highest BCUT2D eigenvalue weighted by atomic mass is 35.5. The van der Waals surface area contributed by atoms with Gasteiger partial charge in [0.15, 0.2) is 0 Å². The van der Waals surface area contributed by atoms with Gasteiger partial charge in [-0.15, -0.1) is 24.8 Å². The Morgan fingerprint density at radius 2 is 2.00 bits per heavy atom. The first kappa shape index (κ1) is 20.8. The molecule has 0 bridgehead atoms. The second-order valence-electron chi connectivity index (χ2n) is 5.01. The molecule has 0 unspecified atom stereocenters. The molecule has 2 N–H and O–H groups in total. The van der Waals surface area contributed by atoms with Crippen molar-refractivity contribution in [1.82, 2.24) is 10.6 Å². The molecule has 3 nitrogen and oxygen atoms in total. The predicted octanol–water partition coefficient (Wildman–Crippen LogP) is 3.67. The van der Waals surface area contributed by atoms with Crippen molar-refractivity contribution in [2.75, 3.05) is 26.2 Å². The quantitative estimate of drug-likeness (QED) is 0.817. The van der Waals surface area contributed by atoms with E-state index in [9.17, 15) is 0 Å². The first-order valence-electron chi connectivity index (χ1n) is 7.12. The lowest BCUT2D eigenvalue weighted by atomic mass is 9.98. The highest BCUT2D eigenvalue weighted by Crippen LogP contribution is 2.23. The Morgan fingerprint density at radius 3 is 2.67 bits per heavy atom. The standard InChI is InChI=1S/C15H23ClN2O.2ClH/c1-2-19-15-4-3-14(16)9-13(15)11-18-10-12-5-7-17-8-6-12;;/h3-4,9,12,17-18H,2,5-8,10-11H2,1H3;2*1H. The molecule has 0 radical (unpaired) electrons. The van der Waals surface area contributed by atoms with Crippen molar-refractivity contribution in [2.24, 2.45) is 5.92 Å². The fraction of sp³-hybridized carbons (Fsp3) is 0.600. The summed E-state index contributed by atoms with van der Waals surface area (Å²) in [4.78, 5) is 0. The molecule has 1 heterocycles. The van der Waals surface area contributed by atoms with Crippen molar-refractivity contribution in [1.29, 1.82) is 0 Å². The third kappa shape index (κ3) is 7.07. The monoisotopic (exact) mass is 354 g/mol. The van der Waals surface area contributed by atoms with Crippen molar-refractivity contribution >= 4 is 36.4 Å². The van der Waals surface area contributed by atoms with E-state index in [4.69, 9.17) is 16.3 Å². The zero-order valence-corrected chi connectivity index (χ0v) is 14.8. The van der Waals surface area contributed by atoms with E-state index < -0.39 is 0 Å². The zero-order valence-electron chi connectivity index (χ0n) is 12.4. The fourth-order valence-corrected chi connectivity index (χ4v) is 2.67. The van der Waals surface area contributed by atoms with Crippen LogP contribution < -0.4 is 15.4 Å².